The molecule has 0 radical (unpaired) electrons. The van der Waals surface area contributed by atoms with Gasteiger partial charge in [-0.1, -0.05) is 40.4 Å². The van der Waals surface area contributed by atoms with Crippen LogP contribution >= 0.6 is 11.8 Å². The lowest BCUT2D eigenvalue weighted by molar-refractivity contribution is 0.728. The normalized spacial score (nSPS) is 12.5. The van der Waals surface area contributed by atoms with Crippen LogP contribution in [0.4, 0.5) is 0 Å². The van der Waals surface area contributed by atoms with Gasteiger partial charge in [-0.25, -0.2) is 0 Å². The van der Waals surface area contributed by atoms with E-state index in [0.29, 0.717) is 5.04 Å². The second-order valence-corrected chi connectivity index (χ2v) is 11.0. The fourth-order valence-electron chi connectivity index (χ4n) is 0.889. The second kappa shape index (κ2) is 3.86. The SMILES string of the molecule is C=C=C(SC)[Si](C)(C)C(C)(C)C. The van der Waals surface area contributed by atoms with Gasteiger partial charge in [0.25, 0.3) is 0 Å². The quantitative estimate of drug-likeness (QED) is 0.478. The van der Waals surface area contributed by atoms with Crippen LogP contribution in [0.2, 0.25) is 18.1 Å². The molecule has 0 saturated heterocycles. The lowest BCUT2D eigenvalue weighted by Crippen LogP contribution is -2.38. The molecule has 0 atom stereocenters. The predicted molar refractivity (Wildman–Crippen MR) is 63.4 cm³/mol. The third-order valence-corrected chi connectivity index (χ3v) is 10.6. The molecule has 12 heavy (non-hydrogen) atoms. The maximum Gasteiger partial charge on any atom is 0.104 e. The smallest absolute Gasteiger partial charge is 0.104 e. The van der Waals surface area contributed by atoms with Crippen LogP contribution in [0.25, 0.3) is 0 Å². The Morgan fingerprint density at radius 2 is 1.75 bits per heavy atom. The first-order valence-corrected chi connectivity index (χ1v) is 8.44. The molecule has 0 aliphatic carbocycles. The zero-order valence-corrected chi connectivity index (χ0v) is 10.9. The van der Waals surface area contributed by atoms with Crippen molar-refractivity contribution < 1.29 is 0 Å². The van der Waals surface area contributed by atoms with Crippen molar-refractivity contribution in [3.05, 3.63) is 16.8 Å². The fourth-order valence-corrected chi connectivity index (χ4v) is 5.12. The Bertz CT molecular complexity index is 204. The van der Waals surface area contributed by atoms with E-state index in [9.17, 15) is 0 Å². The molecule has 0 aromatic heterocycles. The second-order valence-electron chi connectivity index (χ2n) is 4.59. The lowest BCUT2D eigenvalue weighted by atomic mass is 10.2. The van der Waals surface area contributed by atoms with Gasteiger partial charge in [-0.15, -0.1) is 17.5 Å². The Labute approximate surface area is 82.1 Å². The molecular formula is C10H20SSi. The van der Waals surface area contributed by atoms with Crippen LogP contribution in [0.5, 0.6) is 0 Å². The van der Waals surface area contributed by atoms with Crippen molar-refractivity contribution in [2.75, 3.05) is 6.26 Å². The highest BCUT2D eigenvalue weighted by Crippen LogP contribution is 2.43. The van der Waals surface area contributed by atoms with Gasteiger partial charge in [0.2, 0.25) is 0 Å². The van der Waals surface area contributed by atoms with Crippen molar-refractivity contribution in [2.45, 2.75) is 38.9 Å². The molecule has 0 aliphatic heterocycles. The summed E-state index contributed by atoms with van der Waals surface area (Å²) in [5.41, 5.74) is 3.09. The van der Waals surface area contributed by atoms with Crippen molar-refractivity contribution in [3.63, 3.8) is 0 Å². The van der Waals surface area contributed by atoms with E-state index in [4.69, 9.17) is 0 Å². The zero-order valence-electron chi connectivity index (χ0n) is 9.12. The maximum absolute atomic E-state index is 3.76. The Morgan fingerprint density at radius 1 is 1.33 bits per heavy atom. The molecule has 2 heteroatoms. The minimum Gasteiger partial charge on any atom is -0.130 e. The van der Waals surface area contributed by atoms with E-state index in [0.717, 1.165) is 0 Å². The van der Waals surface area contributed by atoms with Crippen LogP contribution in [0.3, 0.4) is 0 Å². The molecule has 0 aliphatic rings. The summed E-state index contributed by atoms with van der Waals surface area (Å²) in [7, 11) is -1.33. The molecule has 0 fully saturated rings. The van der Waals surface area contributed by atoms with Gasteiger partial charge in [-0.05, 0) is 11.3 Å². The van der Waals surface area contributed by atoms with Crippen LogP contribution in [0, 0.1) is 0 Å². The summed E-state index contributed by atoms with van der Waals surface area (Å²) >= 11 is 1.81. The van der Waals surface area contributed by atoms with E-state index in [1.807, 2.05) is 11.8 Å². The van der Waals surface area contributed by atoms with Crippen LogP contribution in [-0.4, -0.2) is 14.3 Å². The molecule has 0 spiro atoms. The Morgan fingerprint density at radius 3 is 1.83 bits per heavy atom. The zero-order chi connectivity index (χ0) is 9.99. The minimum absolute atomic E-state index is 0.399. The monoisotopic (exact) mass is 200 g/mol. The minimum atomic E-state index is -1.33. The molecule has 0 heterocycles. The molecular weight excluding hydrogens is 180 g/mol. The van der Waals surface area contributed by atoms with Gasteiger partial charge in [-0.2, -0.15) is 0 Å². The van der Waals surface area contributed by atoms with Crippen molar-refractivity contribution in [3.8, 4) is 0 Å². The molecule has 70 valence electrons. The number of hydrogen-bond acceptors (Lipinski definition) is 1. The molecule has 0 N–H and O–H groups in total. The van der Waals surface area contributed by atoms with Crippen LogP contribution in [0.15, 0.2) is 16.8 Å². The first kappa shape index (κ1) is 12.1. The summed E-state index contributed by atoms with van der Waals surface area (Å²) < 4.78 is 1.38. The highest BCUT2D eigenvalue weighted by molar-refractivity contribution is 8.04. The van der Waals surface area contributed by atoms with Gasteiger partial charge in [0.05, 0.1) is 0 Å². The summed E-state index contributed by atoms with van der Waals surface area (Å²) in [5, 5.41) is 0.399. The van der Waals surface area contributed by atoms with Crippen LogP contribution in [-0.2, 0) is 0 Å². The molecule has 0 nitrogen and oxygen atoms in total. The van der Waals surface area contributed by atoms with Gasteiger partial charge < -0.3 is 0 Å². The molecule has 0 unspecified atom stereocenters. The maximum atomic E-state index is 3.76. The summed E-state index contributed by atoms with van der Waals surface area (Å²) in [6.45, 7) is 15.5. The van der Waals surface area contributed by atoms with Gasteiger partial charge in [0, 0.05) is 4.53 Å². The summed E-state index contributed by atoms with van der Waals surface area (Å²) in [5.74, 6) is 0. The molecule has 0 aromatic rings. The first-order chi connectivity index (χ1) is 5.27. The van der Waals surface area contributed by atoms with Crippen molar-refractivity contribution in [1.82, 2.24) is 0 Å². The van der Waals surface area contributed by atoms with Crippen molar-refractivity contribution in [2.24, 2.45) is 0 Å². The molecule has 0 saturated carbocycles. The van der Waals surface area contributed by atoms with Crippen LogP contribution < -0.4 is 0 Å². The number of rotatable bonds is 2. The third-order valence-electron chi connectivity index (χ3n) is 2.81. The third kappa shape index (κ3) is 2.29. The Kier molecular flexibility index (Phi) is 3.89. The van der Waals surface area contributed by atoms with Crippen molar-refractivity contribution in [1.29, 1.82) is 0 Å². The molecule has 0 amide bonds. The predicted octanol–water partition coefficient (Wildman–Crippen LogP) is 4.07. The van der Waals surface area contributed by atoms with E-state index >= 15 is 0 Å². The van der Waals surface area contributed by atoms with Gasteiger partial charge in [0.1, 0.15) is 8.07 Å². The average Bonchev–Trinajstić information content (AvgIpc) is 1.87. The van der Waals surface area contributed by atoms with E-state index in [1.165, 1.54) is 4.53 Å². The van der Waals surface area contributed by atoms with E-state index in [1.54, 1.807) is 0 Å². The number of hydrogen-bond donors (Lipinski definition) is 0. The largest absolute Gasteiger partial charge is 0.130 e. The van der Waals surface area contributed by atoms with Crippen LogP contribution in [0.1, 0.15) is 20.8 Å². The standard InChI is InChI=1S/C10H20SSi/c1-8-9(11-5)12(6,7)10(2,3)4/h1H2,2-7H3. The summed E-state index contributed by atoms with van der Waals surface area (Å²) in [6, 6.07) is 0. The summed E-state index contributed by atoms with van der Waals surface area (Å²) in [6.07, 6.45) is 2.12. The molecule has 0 aromatic carbocycles. The Hall–Kier alpha value is 0.0869. The lowest BCUT2D eigenvalue weighted by Gasteiger charge is -2.37. The summed E-state index contributed by atoms with van der Waals surface area (Å²) in [4.78, 5) is 0. The molecule has 0 bridgehead atoms. The van der Waals surface area contributed by atoms with Gasteiger partial charge in [-0.3, -0.25) is 0 Å². The van der Waals surface area contributed by atoms with Gasteiger partial charge in [0.15, 0.2) is 0 Å². The fraction of sp³-hybridized carbons (Fsp3) is 0.700. The highest BCUT2D eigenvalue weighted by atomic mass is 32.2. The van der Waals surface area contributed by atoms with E-state index in [-0.39, 0.29) is 0 Å². The number of thioether (sulfide) groups is 1. The van der Waals surface area contributed by atoms with E-state index < -0.39 is 8.07 Å². The average molecular weight is 200 g/mol. The highest BCUT2D eigenvalue weighted by Gasteiger charge is 2.38. The first-order valence-electron chi connectivity index (χ1n) is 4.22. The van der Waals surface area contributed by atoms with Gasteiger partial charge >= 0.3 is 0 Å². The topological polar surface area (TPSA) is 0 Å². The molecule has 0 rings (SSSR count). The Balaban J connectivity index is 4.97. The van der Waals surface area contributed by atoms with Crippen molar-refractivity contribution >= 4 is 19.8 Å². The van der Waals surface area contributed by atoms with E-state index in [2.05, 4.69) is 52.4 Å².